The molecule has 2 fully saturated rings. The number of benzene rings is 1. The third-order valence-corrected chi connectivity index (χ3v) is 5.64. The number of rotatable bonds is 6. The Morgan fingerprint density at radius 2 is 2.00 bits per heavy atom. The van der Waals surface area contributed by atoms with Crippen LogP contribution in [0.1, 0.15) is 56.9 Å². The molecule has 1 N–H and O–H groups in total. The van der Waals surface area contributed by atoms with Gasteiger partial charge in [0.2, 0.25) is 5.91 Å². The van der Waals surface area contributed by atoms with Gasteiger partial charge in [-0.05, 0) is 62.3 Å². The van der Waals surface area contributed by atoms with E-state index in [-0.39, 0.29) is 17.8 Å². The van der Waals surface area contributed by atoms with Crippen LogP contribution in [-0.2, 0) is 11.2 Å². The molecule has 0 aromatic heterocycles. The average molecular weight is 346 g/mol. The number of hydrogen-bond acceptors (Lipinski definition) is 2. The molecule has 138 valence electrons. The Hall–Kier alpha value is -1.42. The number of nitrogens with zero attached hydrogens (tertiary/aromatic N) is 1. The molecule has 1 saturated carbocycles. The molecule has 1 aromatic rings. The molecule has 1 saturated heterocycles. The molecule has 1 atom stereocenters. The van der Waals surface area contributed by atoms with Gasteiger partial charge in [-0.3, -0.25) is 4.79 Å². The summed E-state index contributed by atoms with van der Waals surface area (Å²) in [5.41, 5.74) is 0.887. The average Bonchev–Trinajstić information content (AvgIpc) is 2.61. The zero-order chi connectivity index (χ0) is 17.5. The number of halogens is 1. The normalized spacial score (nSPS) is 22.7. The number of amides is 1. The Kier molecular flexibility index (Phi) is 6.85. The van der Waals surface area contributed by atoms with Gasteiger partial charge in [0.1, 0.15) is 5.82 Å². The first-order valence-electron chi connectivity index (χ1n) is 9.95. The van der Waals surface area contributed by atoms with Crippen LogP contribution in [0.5, 0.6) is 0 Å². The molecule has 3 nitrogen and oxygen atoms in total. The fourth-order valence-electron chi connectivity index (χ4n) is 4.32. The van der Waals surface area contributed by atoms with Crippen LogP contribution in [0.15, 0.2) is 24.3 Å². The monoisotopic (exact) mass is 346 g/mol. The second kappa shape index (κ2) is 9.33. The number of hydrogen-bond donors (Lipinski definition) is 1. The van der Waals surface area contributed by atoms with Gasteiger partial charge in [-0.25, -0.2) is 4.39 Å². The summed E-state index contributed by atoms with van der Waals surface area (Å²) in [6.07, 6.45) is 10.2. The van der Waals surface area contributed by atoms with Crippen molar-refractivity contribution in [3.63, 3.8) is 0 Å². The minimum absolute atomic E-state index is 0.0915. The molecular weight excluding hydrogens is 315 g/mol. The molecule has 1 aliphatic carbocycles. The topological polar surface area (TPSA) is 32.3 Å². The van der Waals surface area contributed by atoms with Gasteiger partial charge in [0.15, 0.2) is 0 Å². The van der Waals surface area contributed by atoms with Crippen molar-refractivity contribution in [1.29, 1.82) is 0 Å². The van der Waals surface area contributed by atoms with Crippen molar-refractivity contribution in [2.75, 3.05) is 19.6 Å². The predicted octanol–water partition coefficient (Wildman–Crippen LogP) is 3.92. The lowest BCUT2D eigenvalue weighted by Crippen LogP contribution is -2.49. The van der Waals surface area contributed by atoms with Gasteiger partial charge in [-0.1, -0.05) is 31.4 Å². The third-order valence-electron chi connectivity index (χ3n) is 5.64. The summed E-state index contributed by atoms with van der Waals surface area (Å²) in [6, 6.07) is 6.81. The molecule has 3 rings (SSSR count). The van der Waals surface area contributed by atoms with Crippen LogP contribution in [0.4, 0.5) is 4.39 Å². The number of nitrogens with one attached hydrogen (secondary N) is 1. The first kappa shape index (κ1) is 18.4. The number of piperidine rings is 1. The molecule has 25 heavy (non-hydrogen) atoms. The lowest BCUT2D eigenvalue weighted by atomic mass is 9.88. The molecule has 1 aromatic carbocycles. The lowest BCUT2D eigenvalue weighted by molar-refractivity contribution is -0.122. The van der Waals surface area contributed by atoms with Crippen molar-refractivity contribution < 1.29 is 9.18 Å². The Bertz CT molecular complexity index is 557. The summed E-state index contributed by atoms with van der Waals surface area (Å²) in [4.78, 5) is 14.8. The van der Waals surface area contributed by atoms with Gasteiger partial charge in [-0.15, -0.1) is 0 Å². The molecule has 0 radical (unpaired) electrons. The van der Waals surface area contributed by atoms with Gasteiger partial charge >= 0.3 is 0 Å². The highest BCUT2D eigenvalue weighted by molar-refractivity contribution is 5.76. The van der Waals surface area contributed by atoms with E-state index in [1.807, 2.05) is 6.07 Å². The van der Waals surface area contributed by atoms with Crippen molar-refractivity contribution in [1.82, 2.24) is 10.2 Å². The van der Waals surface area contributed by atoms with Gasteiger partial charge in [0, 0.05) is 25.6 Å². The largest absolute Gasteiger partial charge is 0.352 e. The van der Waals surface area contributed by atoms with E-state index < -0.39 is 0 Å². The van der Waals surface area contributed by atoms with E-state index in [0.717, 1.165) is 24.4 Å². The van der Waals surface area contributed by atoms with Crippen LogP contribution < -0.4 is 5.32 Å². The Morgan fingerprint density at radius 3 is 2.80 bits per heavy atom. The second-order valence-electron chi connectivity index (χ2n) is 7.80. The van der Waals surface area contributed by atoms with Gasteiger partial charge < -0.3 is 10.2 Å². The Labute approximate surface area is 151 Å². The van der Waals surface area contributed by atoms with Gasteiger partial charge in [0.05, 0.1) is 0 Å². The number of carbonyl (C=O) groups excluding carboxylic acids is 1. The second-order valence-corrected chi connectivity index (χ2v) is 7.80. The molecule has 4 heteroatoms. The van der Waals surface area contributed by atoms with Gasteiger partial charge in [0.25, 0.3) is 0 Å². The predicted molar refractivity (Wildman–Crippen MR) is 98.9 cm³/mol. The minimum atomic E-state index is -0.233. The maximum absolute atomic E-state index is 13.2. The zero-order valence-electron chi connectivity index (χ0n) is 15.2. The van der Waals surface area contributed by atoms with E-state index in [4.69, 9.17) is 0 Å². The quantitative estimate of drug-likeness (QED) is 0.847. The first-order chi connectivity index (χ1) is 12.2. The van der Waals surface area contributed by atoms with E-state index in [1.54, 1.807) is 6.07 Å². The summed E-state index contributed by atoms with van der Waals surface area (Å²) in [5.74, 6) is 0.716. The van der Waals surface area contributed by atoms with E-state index in [1.165, 1.54) is 63.7 Å². The van der Waals surface area contributed by atoms with Crippen molar-refractivity contribution in [2.45, 2.75) is 63.8 Å². The third kappa shape index (κ3) is 6.10. The molecule has 0 unspecified atom stereocenters. The molecule has 0 bridgehead atoms. The van der Waals surface area contributed by atoms with Crippen molar-refractivity contribution in [3.8, 4) is 0 Å². The smallest absolute Gasteiger partial charge is 0.220 e. The summed E-state index contributed by atoms with van der Waals surface area (Å²) < 4.78 is 13.2. The number of carbonyl (C=O) groups is 1. The van der Waals surface area contributed by atoms with Crippen LogP contribution in [0.2, 0.25) is 0 Å². The van der Waals surface area contributed by atoms with E-state index >= 15 is 0 Å². The fourth-order valence-corrected chi connectivity index (χ4v) is 4.32. The van der Waals surface area contributed by atoms with Crippen molar-refractivity contribution in [3.05, 3.63) is 35.6 Å². The SMILES string of the molecule is O=C(CCc1cccc(F)c1)N[C@H]1CCCN(CC2CCCCC2)C1. The summed E-state index contributed by atoms with van der Waals surface area (Å²) in [5, 5.41) is 3.20. The van der Waals surface area contributed by atoms with E-state index in [0.29, 0.717) is 12.8 Å². The summed E-state index contributed by atoms with van der Waals surface area (Å²) in [6.45, 7) is 3.37. The minimum Gasteiger partial charge on any atom is -0.352 e. The molecule has 0 spiro atoms. The molecule has 1 amide bonds. The van der Waals surface area contributed by atoms with Crippen LogP contribution in [0, 0.1) is 11.7 Å². The van der Waals surface area contributed by atoms with Gasteiger partial charge in [-0.2, -0.15) is 0 Å². The highest BCUT2D eigenvalue weighted by Gasteiger charge is 2.24. The molecule has 1 aliphatic heterocycles. The zero-order valence-corrected chi connectivity index (χ0v) is 15.2. The van der Waals surface area contributed by atoms with E-state index in [2.05, 4.69) is 10.2 Å². The van der Waals surface area contributed by atoms with Crippen LogP contribution in [-0.4, -0.2) is 36.5 Å². The highest BCUT2D eigenvalue weighted by atomic mass is 19.1. The van der Waals surface area contributed by atoms with Crippen LogP contribution in [0.25, 0.3) is 0 Å². The Balaban J connectivity index is 1.39. The first-order valence-corrected chi connectivity index (χ1v) is 9.95. The molecule has 2 aliphatic rings. The fraction of sp³-hybridized carbons (Fsp3) is 0.667. The lowest BCUT2D eigenvalue weighted by Gasteiger charge is -2.36. The summed E-state index contributed by atoms with van der Waals surface area (Å²) >= 11 is 0. The number of aryl methyl sites for hydroxylation is 1. The van der Waals surface area contributed by atoms with Crippen LogP contribution >= 0.6 is 0 Å². The van der Waals surface area contributed by atoms with Crippen molar-refractivity contribution in [2.24, 2.45) is 5.92 Å². The maximum atomic E-state index is 13.2. The highest BCUT2D eigenvalue weighted by Crippen LogP contribution is 2.25. The molecule has 1 heterocycles. The Morgan fingerprint density at radius 1 is 1.16 bits per heavy atom. The maximum Gasteiger partial charge on any atom is 0.220 e. The number of likely N-dealkylation sites (tertiary alicyclic amines) is 1. The standard InChI is InChI=1S/C21H31FN2O/c22-19-9-4-8-17(14-19)11-12-21(25)23-20-10-5-13-24(16-20)15-18-6-2-1-3-7-18/h4,8-9,14,18,20H,1-3,5-7,10-13,15-16H2,(H,23,25)/t20-/m0/s1. The van der Waals surface area contributed by atoms with Crippen LogP contribution in [0.3, 0.4) is 0 Å². The molecular formula is C21H31FN2O. The summed E-state index contributed by atoms with van der Waals surface area (Å²) in [7, 11) is 0. The van der Waals surface area contributed by atoms with Crippen molar-refractivity contribution >= 4 is 5.91 Å². The van der Waals surface area contributed by atoms with E-state index in [9.17, 15) is 9.18 Å².